The summed E-state index contributed by atoms with van der Waals surface area (Å²) in [5.74, 6) is 5.71. The first-order chi connectivity index (χ1) is 14.8. The highest BCUT2D eigenvalue weighted by molar-refractivity contribution is 7.89. The zero-order chi connectivity index (χ0) is 22.6. The summed E-state index contributed by atoms with van der Waals surface area (Å²) in [5.41, 5.74) is 1.22. The zero-order valence-corrected chi connectivity index (χ0v) is 18.6. The Bertz CT molecular complexity index is 1080. The summed E-state index contributed by atoms with van der Waals surface area (Å²) >= 11 is 0. The van der Waals surface area contributed by atoms with E-state index in [1.807, 2.05) is 14.0 Å². The molecular weight excluding hydrogens is 419 g/mol. The molecule has 2 aromatic rings. The maximum Gasteiger partial charge on any atom is 0.247 e. The number of fused-ring (bicyclic) bond motifs is 1. The number of halogens is 1. The molecule has 2 N–H and O–H groups in total. The second-order valence-electron chi connectivity index (χ2n) is 7.72. The molecule has 0 bridgehead atoms. The van der Waals surface area contributed by atoms with Gasteiger partial charge in [-0.05, 0) is 56.4 Å². The van der Waals surface area contributed by atoms with Crippen LogP contribution in [0.15, 0.2) is 47.4 Å². The average molecular weight is 447 g/mol. The van der Waals surface area contributed by atoms with Gasteiger partial charge in [-0.25, -0.2) is 12.8 Å². The van der Waals surface area contributed by atoms with E-state index in [0.717, 1.165) is 0 Å². The van der Waals surface area contributed by atoms with E-state index in [-0.39, 0.29) is 41.6 Å². The Kier molecular flexibility index (Phi) is 7.34. The van der Waals surface area contributed by atoms with Gasteiger partial charge in [0.15, 0.2) is 0 Å². The minimum Gasteiger partial charge on any atom is -0.487 e. The number of hydrogen-bond acceptors (Lipinski definition) is 5. The molecule has 3 rings (SSSR count). The molecule has 0 unspecified atom stereocenters. The van der Waals surface area contributed by atoms with Crippen molar-refractivity contribution in [1.29, 1.82) is 0 Å². The third kappa shape index (κ3) is 5.25. The van der Waals surface area contributed by atoms with Crippen molar-refractivity contribution in [3.63, 3.8) is 0 Å². The molecule has 1 aliphatic rings. The summed E-state index contributed by atoms with van der Waals surface area (Å²) in [5, 5.41) is 12.7. The van der Waals surface area contributed by atoms with Crippen LogP contribution in [0.5, 0.6) is 5.75 Å². The molecule has 0 fully saturated rings. The van der Waals surface area contributed by atoms with Gasteiger partial charge in [-0.1, -0.05) is 18.8 Å². The van der Waals surface area contributed by atoms with Crippen molar-refractivity contribution < 1.29 is 22.7 Å². The summed E-state index contributed by atoms with van der Waals surface area (Å²) < 4.78 is 47.3. The number of aliphatic hydroxyl groups is 1. The fourth-order valence-corrected chi connectivity index (χ4v) is 5.25. The van der Waals surface area contributed by atoms with Crippen LogP contribution in [0, 0.1) is 23.6 Å². The van der Waals surface area contributed by atoms with Gasteiger partial charge < -0.3 is 15.2 Å². The predicted octanol–water partition coefficient (Wildman–Crippen LogP) is 2.21. The maximum atomic E-state index is 13.4. The third-order valence-corrected chi connectivity index (χ3v) is 7.29. The van der Waals surface area contributed by atoms with E-state index in [1.54, 1.807) is 31.2 Å². The highest BCUT2D eigenvalue weighted by Crippen LogP contribution is 2.33. The molecule has 6 nitrogen and oxygen atoms in total. The van der Waals surface area contributed by atoms with Crippen molar-refractivity contribution in [2.24, 2.45) is 5.92 Å². The van der Waals surface area contributed by atoms with E-state index in [2.05, 4.69) is 17.2 Å². The molecule has 1 aliphatic heterocycles. The van der Waals surface area contributed by atoms with Gasteiger partial charge in [-0.15, -0.1) is 0 Å². The van der Waals surface area contributed by atoms with Crippen molar-refractivity contribution in [2.75, 3.05) is 26.7 Å². The lowest BCUT2D eigenvalue weighted by Crippen LogP contribution is -2.49. The molecular formula is C23H27FN2O4S. The van der Waals surface area contributed by atoms with Gasteiger partial charge in [0.25, 0.3) is 0 Å². The fraction of sp³-hybridized carbons (Fsp3) is 0.391. The molecule has 8 heteroatoms. The Labute approximate surface area is 183 Å². The number of aliphatic hydroxyl groups excluding tert-OH is 1. The molecule has 0 amide bonds. The van der Waals surface area contributed by atoms with Gasteiger partial charge in [0, 0.05) is 36.2 Å². The molecule has 0 saturated carbocycles. The monoisotopic (exact) mass is 446 g/mol. The van der Waals surface area contributed by atoms with Gasteiger partial charge in [0.1, 0.15) is 22.6 Å². The number of ether oxygens (including phenoxy) is 1. The summed E-state index contributed by atoms with van der Waals surface area (Å²) in [4.78, 5) is 0.0492. The van der Waals surface area contributed by atoms with Crippen LogP contribution < -0.4 is 10.1 Å². The van der Waals surface area contributed by atoms with Crippen molar-refractivity contribution in [1.82, 2.24) is 9.62 Å². The van der Waals surface area contributed by atoms with Crippen LogP contribution in [-0.2, 0) is 10.0 Å². The first-order valence-electron chi connectivity index (χ1n) is 10.1. The zero-order valence-electron chi connectivity index (χ0n) is 17.8. The number of nitrogens with one attached hydrogen (secondary N) is 1. The van der Waals surface area contributed by atoms with Gasteiger partial charge in [0.05, 0.1) is 6.61 Å². The molecule has 0 radical (unpaired) electrons. The number of benzene rings is 2. The van der Waals surface area contributed by atoms with E-state index >= 15 is 0 Å². The molecule has 0 aliphatic carbocycles. The van der Waals surface area contributed by atoms with Crippen LogP contribution in [0.3, 0.4) is 0 Å². The normalized spacial score (nSPS) is 21.6. The van der Waals surface area contributed by atoms with Crippen LogP contribution in [0.25, 0.3) is 0 Å². The fourth-order valence-electron chi connectivity index (χ4n) is 3.43. The van der Waals surface area contributed by atoms with E-state index in [0.29, 0.717) is 17.7 Å². The lowest BCUT2D eigenvalue weighted by Gasteiger charge is -2.36. The van der Waals surface area contributed by atoms with Gasteiger partial charge in [0.2, 0.25) is 10.0 Å². The van der Waals surface area contributed by atoms with E-state index in [4.69, 9.17) is 4.74 Å². The lowest BCUT2D eigenvalue weighted by atomic mass is 10.0. The van der Waals surface area contributed by atoms with Crippen LogP contribution in [-0.4, -0.2) is 56.7 Å². The molecule has 0 spiro atoms. The molecule has 31 heavy (non-hydrogen) atoms. The van der Waals surface area contributed by atoms with Gasteiger partial charge in [-0.3, -0.25) is 0 Å². The molecule has 1 heterocycles. The Morgan fingerprint density at radius 3 is 2.52 bits per heavy atom. The van der Waals surface area contributed by atoms with E-state index in [9.17, 15) is 17.9 Å². The van der Waals surface area contributed by atoms with Crippen LogP contribution >= 0.6 is 0 Å². The molecule has 0 aromatic heterocycles. The summed E-state index contributed by atoms with van der Waals surface area (Å²) in [6.45, 7) is 4.11. The van der Waals surface area contributed by atoms with Gasteiger partial charge in [-0.2, -0.15) is 4.31 Å². The standard InChI is InChI=1S/C23H27FN2O4S/c1-16-14-26(17(2)15-27)31(28,29)23-11-8-19(12-21(23)30-22(16)13-25-3)5-4-18-6-9-20(24)10-7-18/h6-12,16-17,22,25,27H,13-15H2,1-3H3/t16-,17+,22+/m1/s1. The average Bonchev–Trinajstić information content (AvgIpc) is 2.75. The lowest BCUT2D eigenvalue weighted by molar-refractivity contribution is 0.103. The Morgan fingerprint density at radius 1 is 1.23 bits per heavy atom. The number of sulfonamides is 1. The molecule has 0 saturated heterocycles. The SMILES string of the molecule is CNC[C@@H]1Oc2cc(C#Cc3ccc(F)cc3)ccc2S(=O)(=O)N([C@@H](C)CO)C[C@H]1C. The van der Waals surface area contributed by atoms with Crippen LogP contribution in [0.2, 0.25) is 0 Å². The topological polar surface area (TPSA) is 78.9 Å². The summed E-state index contributed by atoms with van der Waals surface area (Å²) in [7, 11) is -2.07. The molecule has 3 atom stereocenters. The van der Waals surface area contributed by atoms with E-state index < -0.39 is 16.1 Å². The van der Waals surface area contributed by atoms with Crippen molar-refractivity contribution in [3.05, 3.63) is 59.4 Å². The number of likely N-dealkylation sites (N-methyl/N-ethyl adjacent to an activating group) is 1. The second-order valence-corrected chi connectivity index (χ2v) is 9.57. The van der Waals surface area contributed by atoms with Crippen molar-refractivity contribution >= 4 is 10.0 Å². The first kappa shape index (κ1) is 23.2. The van der Waals surface area contributed by atoms with Crippen LogP contribution in [0.1, 0.15) is 25.0 Å². The predicted molar refractivity (Wildman–Crippen MR) is 117 cm³/mol. The van der Waals surface area contributed by atoms with Gasteiger partial charge >= 0.3 is 0 Å². The van der Waals surface area contributed by atoms with Crippen molar-refractivity contribution in [3.8, 4) is 17.6 Å². The van der Waals surface area contributed by atoms with Crippen molar-refractivity contribution in [2.45, 2.75) is 30.9 Å². The van der Waals surface area contributed by atoms with E-state index in [1.165, 1.54) is 22.5 Å². The Hall–Kier alpha value is -2.44. The number of rotatable bonds is 4. The summed E-state index contributed by atoms with van der Waals surface area (Å²) in [6, 6.07) is 9.99. The summed E-state index contributed by atoms with van der Waals surface area (Å²) in [6.07, 6.45) is -0.270. The smallest absolute Gasteiger partial charge is 0.247 e. The maximum absolute atomic E-state index is 13.4. The minimum absolute atomic E-state index is 0.0492. The Balaban J connectivity index is 2.06. The number of hydrogen-bond donors (Lipinski definition) is 2. The first-order valence-corrected chi connectivity index (χ1v) is 11.6. The highest BCUT2D eigenvalue weighted by Gasteiger charge is 2.37. The largest absolute Gasteiger partial charge is 0.487 e. The molecule has 2 aromatic carbocycles. The van der Waals surface area contributed by atoms with Crippen LogP contribution in [0.4, 0.5) is 4.39 Å². The number of nitrogens with zero attached hydrogens (tertiary/aromatic N) is 1. The Morgan fingerprint density at radius 2 is 1.87 bits per heavy atom. The third-order valence-electron chi connectivity index (χ3n) is 5.27. The highest BCUT2D eigenvalue weighted by atomic mass is 32.2. The minimum atomic E-state index is -3.88. The quantitative estimate of drug-likeness (QED) is 0.704. The molecule has 166 valence electrons. The second kappa shape index (κ2) is 9.79.